The summed E-state index contributed by atoms with van der Waals surface area (Å²) < 4.78 is 0. The summed E-state index contributed by atoms with van der Waals surface area (Å²) in [5.74, 6) is 0. The molecule has 0 fully saturated rings. The van der Waals surface area contributed by atoms with E-state index in [2.05, 4.69) is 32.9 Å². The summed E-state index contributed by atoms with van der Waals surface area (Å²) in [6.07, 6.45) is 0. The van der Waals surface area contributed by atoms with Gasteiger partial charge in [-0.25, -0.2) is 0 Å². The number of benzene rings is 2. The molecule has 0 heterocycles. The molecule has 2 aromatic rings. The van der Waals surface area contributed by atoms with Crippen molar-refractivity contribution in [2.24, 2.45) is 0 Å². The van der Waals surface area contributed by atoms with Crippen LogP contribution in [0.2, 0.25) is 0 Å². The largest absolute Gasteiger partial charge is 1.00 e. The molecular weight excluding hydrogens is 270 g/mol. The second-order valence-corrected chi connectivity index (χ2v) is 7.14. The number of hydrogen-bond donors (Lipinski definition) is 0. The number of carbonyl (C=O) groups is 1. The minimum absolute atomic E-state index is 0. The van der Waals surface area contributed by atoms with Crippen LogP contribution < -0.4 is 24.2 Å². The molecule has 0 atom stereocenters. The van der Waals surface area contributed by atoms with Crippen LogP contribution >= 0.6 is 8.58 Å². The molecule has 0 saturated carbocycles. The van der Waals surface area contributed by atoms with Crippen molar-refractivity contribution < 1.29 is 23.7 Å². The van der Waals surface area contributed by atoms with Crippen molar-refractivity contribution >= 4 is 19.4 Å². The van der Waals surface area contributed by atoms with Gasteiger partial charge in [0.15, 0.2) is 0 Å². The third kappa shape index (κ3) is 4.82. The van der Waals surface area contributed by atoms with Crippen molar-refractivity contribution in [1.29, 1.82) is 0 Å². The fourth-order valence-corrected chi connectivity index (χ4v) is 2.88. The monoisotopic (exact) mass is 290 g/mol. The molecule has 0 aliphatic carbocycles. The molecule has 2 rings (SSSR count). The molecule has 21 heavy (non-hydrogen) atoms. The molecule has 0 aliphatic rings. The average Bonchev–Trinajstić information content (AvgIpc) is 2.40. The van der Waals surface area contributed by atoms with Gasteiger partial charge in [-0.05, 0) is 23.5 Å². The Labute approximate surface area is 141 Å². The van der Waals surface area contributed by atoms with E-state index in [0.29, 0.717) is 0 Å². The topological polar surface area (TPSA) is 17.1 Å². The van der Waals surface area contributed by atoms with Crippen LogP contribution in [-0.4, -0.2) is 5.52 Å². The molecule has 0 aliphatic heterocycles. The van der Waals surface area contributed by atoms with Crippen LogP contribution in [0.15, 0.2) is 48.5 Å². The van der Waals surface area contributed by atoms with Crippen LogP contribution in [0.5, 0.6) is 0 Å². The van der Waals surface area contributed by atoms with E-state index < -0.39 is 0 Å². The van der Waals surface area contributed by atoms with Gasteiger partial charge in [0, 0.05) is 5.52 Å². The maximum Gasteiger partial charge on any atom is 1.00 e. The molecule has 3 heteroatoms. The molecule has 0 radical (unpaired) electrons. The number of rotatable bonds is 3. The van der Waals surface area contributed by atoms with Crippen LogP contribution in [-0.2, 0) is 5.41 Å². The molecule has 0 unspecified atom stereocenters. The first-order valence-electron chi connectivity index (χ1n) is 6.80. The molecule has 0 aromatic heterocycles. The van der Waals surface area contributed by atoms with Crippen molar-refractivity contribution in [1.82, 2.24) is 0 Å². The summed E-state index contributed by atoms with van der Waals surface area (Å²) in [7, 11) is 0.748. The third-order valence-corrected chi connectivity index (χ3v) is 4.54. The van der Waals surface area contributed by atoms with Gasteiger partial charge in [0.1, 0.15) is 0 Å². The van der Waals surface area contributed by atoms with Gasteiger partial charge in [-0.1, -0.05) is 74.9 Å². The Bertz CT molecular complexity index is 612. The molecule has 104 valence electrons. The van der Waals surface area contributed by atoms with E-state index in [0.717, 1.165) is 25.0 Å². The Kier molecular flexibility index (Phi) is 6.42. The maximum absolute atomic E-state index is 12.3. The molecular formula is C18H20LiOP. The minimum Gasteiger partial charge on any atom is -0.426 e. The van der Waals surface area contributed by atoms with Gasteiger partial charge in [0.25, 0.3) is 0 Å². The zero-order valence-electron chi connectivity index (χ0n) is 13.5. The second kappa shape index (κ2) is 7.42. The molecule has 0 bridgehead atoms. The molecule has 0 N–H and O–H groups in total. The van der Waals surface area contributed by atoms with E-state index in [4.69, 9.17) is 0 Å². The zero-order valence-corrected chi connectivity index (χ0v) is 14.4. The van der Waals surface area contributed by atoms with E-state index in [1.54, 1.807) is 0 Å². The average molecular weight is 290 g/mol. The Balaban J connectivity index is 0.00000220. The van der Waals surface area contributed by atoms with Gasteiger partial charge in [-0.3, -0.25) is 0 Å². The Morgan fingerprint density at radius 2 is 1.52 bits per heavy atom. The Morgan fingerprint density at radius 1 is 0.952 bits per heavy atom. The standard InChI is InChI=1S/C18H20OP.Li/c1-13-7-5-6-8-16(13)20-17(19)14-9-11-15(12-10-14)18(2,3)4;/h5-12H,1-4H3;/q-1;+1. The van der Waals surface area contributed by atoms with Crippen LogP contribution in [0.3, 0.4) is 0 Å². The molecule has 2 aromatic carbocycles. The Hall–Kier alpha value is -0.863. The van der Waals surface area contributed by atoms with Crippen LogP contribution in [0.4, 0.5) is 0 Å². The van der Waals surface area contributed by atoms with E-state index in [-0.39, 0.29) is 29.8 Å². The number of carbonyl (C=O) groups excluding carboxylic acids is 1. The third-order valence-electron chi connectivity index (χ3n) is 3.34. The summed E-state index contributed by atoms with van der Waals surface area (Å²) in [5.41, 5.74) is 3.47. The molecule has 1 nitrogen and oxygen atoms in total. The fourth-order valence-electron chi connectivity index (χ4n) is 1.98. The Morgan fingerprint density at radius 3 is 2.05 bits per heavy atom. The number of hydrogen-bond acceptors (Lipinski definition) is 1. The zero-order chi connectivity index (χ0) is 14.8. The molecule has 0 saturated heterocycles. The predicted molar refractivity (Wildman–Crippen MR) is 87.2 cm³/mol. The summed E-state index contributed by atoms with van der Waals surface area (Å²) in [6.45, 7) is 8.57. The predicted octanol–water partition coefficient (Wildman–Crippen LogP) is 1.71. The fraction of sp³-hybridized carbons (Fsp3) is 0.278. The van der Waals surface area contributed by atoms with Gasteiger partial charge < -0.3 is 13.4 Å². The van der Waals surface area contributed by atoms with Gasteiger partial charge in [-0.2, -0.15) is 5.30 Å². The first kappa shape index (κ1) is 18.2. The summed E-state index contributed by atoms with van der Waals surface area (Å²) in [6, 6.07) is 16.0. The SMILES string of the molecule is Cc1ccccc1[P-]C(=O)c1ccc(C(C)(C)C)cc1.[Li+]. The van der Waals surface area contributed by atoms with Gasteiger partial charge in [0.05, 0.1) is 0 Å². The van der Waals surface area contributed by atoms with E-state index in [9.17, 15) is 4.79 Å². The van der Waals surface area contributed by atoms with E-state index >= 15 is 0 Å². The van der Waals surface area contributed by atoms with E-state index in [1.807, 2.05) is 43.3 Å². The van der Waals surface area contributed by atoms with Crippen molar-refractivity contribution in [2.75, 3.05) is 0 Å². The smallest absolute Gasteiger partial charge is 0.426 e. The van der Waals surface area contributed by atoms with Crippen molar-refractivity contribution in [3.05, 3.63) is 65.2 Å². The number of aryl methyl sites for hydroxylation is 1. The molecule has 0 amide bonds. The van der Waals surface area contributed by atoms with Gasteiger partial charge in [0.2, 0.25) is 0 Å². The van der Waals surface area contributed by atoms with Crippen LogP contribution in [0, 0.1) is 6.92 Å². The first-order valence-corrected chi connectivity index (χ1v) is 7.69. The summed E-state index contributed by atoms with van der Waals surface area (Å²) in [4.78, 5) is 12.3. The summed E-state index contributed by atoms with van der Waals surface area (Å²) in [5, 5.41) is 1.08. The summed E-state index contributed by atoms with van der Waals surface area (Å²) >= 11 is 0. The second-order valence-electron chi connectivity index (χ2n) is 6.03. The maximum atomic E-state index is 12.3. The first-order chi connectivity index (χ1) is 9.38. The van der Waals surface area contributed by atoms with Crippen molar-refractivity contribution in [3.63, 3.8) is 0 Å². The quantitative estimate of drug-likeness (QED) is 0.621. The van der Waals surface area contributed by atoms with Crippen LogP contribution in [0.25, 0.3) is 0 Å². The van der Waals surface area contributed by atoms with Crippen molar-refractivity contribution in [3.8, 4) is 0 Å². The van der Waals surface area contributed by atoms with Crippen molar-refractivity contribution in [2.45, 2.75) is 33.1 Å². The van der Waals surface area contributed by atoms with Gasteiger partial charge >= 0.3 is 18.9 Å². The van der Waals surface area contributed by atoms with Gasteiger partial charge in [-0.15, -0.1) is 0 Å². The van der Waals surface area contributed by atoms with Crippen LogP contribution in [0.1, 0.15) is 42.3 Å². The van der Waals surface area contributed by atoms with E-state index in [1.165, 1.54) is 5.56 Å². The normalized spacial score (nSPS) is 11.4. The molecule has 0 spiro atoms. The minimum atomic E-state index is 0.